The molecule has 0 amide bonds. The topological polar surface area (TPSA) is 61.0 Å². The number of anilines is 1. The van der Waals surface area contributed by atoms with E-state index in [9.17, 15) is 0 Å². The van der Waals surface area contributed by atoms with Crippen LogP contribution in [0.15, 0.2) is 28.9 Å². The SMILES string of the molecule is CC(C)c1cc(Br)ccc1Oc1nc(N)ncc1Cl. The summed E-state index contributed by atoms with van der Waals surface area (Å²) >= 11 is 9.44. The molecule has 0 atom stereocenters. The number of nitrogen functional groups attached to an aromatic ring is 1. The van der Waals surface area contributed by atoms with Crippen LogP contribution < -0.4 is 10.5 Å². The van der Waals surface area contributed by atoms with Crippen LogP contribution in [-0.4, -0.2) is 9.97 Å². The van der Waals surface area contributed by atoms with E-state index in [0.29, 0.717) is 16.7 Å². The lowest BCUT2D eigenvalue weighted by molar-refractivity contribution is 0.454. The molecule has 19 heavy (non-hydrogen) atoms. The highest BCUT2D eigenvalue weighted by Gasteiger charge is 2.12. The van der Waals surface area contributed by atoms with Crippen molar-refractivity contribution in [2.45, 2.75) is 19.8 Å². The highest BCUT2D eigenvalue weighted by Crippen LogP contribution is 2.34. The lowest BCUT2D eigenvalue weighted by Crippen LogP contribution is -1.99. The summed E-state index contributed by atoms with van der Waals surface area (Å²) in [5.74, 6) is 1.41. The second-order valence-corrected chi connectivity index (χ2v) is 5.64. The van der Waals surface area contributed by atoms with Crippen LogP contribution >= 0.6 is 27.5 Å². The second kappa shape index (κ2) is 5.75. The summed E-state index contributed by atoms with van der Waals surface area (Å²) in [5.41, 5.74) is 6.59. The third kappa shape index (κ3) is 3.36. The van der Waals surface area contributed by atoms with Crippen LogP contribution in [0.25, 0.3) is 0 Å². The Balaban J connectivity index is 2.40. The smallest absolute Gasteiger partial charge is 0.243 e. The number of aromatic nitrogens is 2. The van der Waals surface area contributed by atoms with E-state index in [1.807, 2.05) is 18.2 Å². The fourth-order valence-corrected chi connectivity index (χ4v) is 2.11. The minimum Gasteiger partial charge on any atom is -0.437 e. The number of nitrogens with zero attached hydrogens (tertiary/aromatic N) is 2. The maximum Gasteiger partial charge on any atom is 0.243 e. The van der Waals surface area contributed by atoms with Gasteiger partial charge in [-0.3, -0.25) is 0 Å². The van der Waals surface area contributed by atoms with Crippen molar-refractivity contribution >= 4 is 33.5 Å². The minimum atomic E-state index is 0.127. The molecule has 0 bridgehead atoms. The minimum absolute atomic E-state index is 0.127. The average Bonchev–Trinajstić information content (AvgIpc) is 2.35. The molecule has 2 aromatic rings. The standard InChI is InChI=1S/C13H13BrClN3O/c1-7(2)9-5-8(14)3-4-11(9)19-12-10(15)6-17-13(16)18-12/h3-7H,1-2H3,(H2,16,17,18). The van der Waals surface area contributed by atoms with Gasteiger partial charge >= 0.3 is 0 Å². The van der Waals surface area contributed by atoms with Crippen molar-refractivity contribution in [2.24, 2.45) is 0 Å². The van der Waals surface area contributed by atoms with E-state index >= 15 is 0 Å². The van der Waals surface area contributed by atoms with Crippen LogP contribution in [0, 0.1) is 0 Å². The van der Waals surface area contributed by atoms with Gasteiger partial charge in [-0.1, -0.05) is 41.4 Å². The third-order valence-electron chi connectivity index (χ3n) is 2.53. The first-order chi connectivity index (χ1) is 8.97. The molecule has 0 saturated carbocycles. The quantitative estimate of drug-likeness (QED) is 0.898. The van der Waals surface area contributed by atoms with Crippen molar-refractivity contribution in [1.29, 1.82) is 0 Å². The molecule has 0 aliphatic heterocycles. The normalized spacial score (nSPS) is 10.8. The lowest BCUT2D eigenvalue weighted by atomic mass is 10.0. The van der Waals surface area contributed by atoms with Crippen molar-refractivity contribution in [3.63, 3.8) is 0 Å². The molecule has 1 aromatic heterocycles. The van der Waals surface area contributed by atoms with Gasteiger partial charge < -0.3 is 10.5 Å². The Morgan fingerprint density at radius 1 is 1.37 bits per heavy atom. The monoisotopic (exact) mass is 341 g/mol. The Labute approximate surface area is 125 Å². The molecular weight excluding hydrogens is 330 g/mol. The van der Waals surface area contributed by atoms with E-state index in [-0.39, 0.29) is 11.8 Å². The van der Waals surface area contributed by atoms with Crippen LogP contribution in [0.5, 0.6) is 11.6 Å². The zero-order valence-corrected chi connectivity index (χ0v) is 12.9. The first kappa shape index (κ1) is 14.1. The van der Waals surface area contributed by atoms with Crippen molar-refractivity contribution in [2.75, 3.05) is 5.73 Å². The number of nitrogens with two attached hydrogens (primary N) is 1. The van der Waals surface area contributed by atoms with E-state index in [0.717, 1.165) is 10.0 Å². The maximum absolute atomic E-state index is 5.99. The summed E-state index contributed by atoms with van der Waals surface area (Å²) < 4.78 is 6.75. The first-order valence-corrected chi connectivity index (χ1v) is 6.89. The Bertz CT molecular complexity index is 604. The Kier molecular flexibility index (Phi) is 4.27. The third-order valence-corrected chi connectivity index (χ3v) is 3.28. The molecule has 4 nitrogen and oxygen atoms in total. The molecule has 0 unspecified atom stereocenters. The molecule has 100 valence electrons. The summed E-state index contributed by atoms with van der Waals surface area (Å²) in [6.07, 6.45) is 1.42. The number of rotatable bonds is 3. The number of ether oxygens (including phenoxy) is 1. The molecule has 0 saturated heterocycles. The molecule has 0 aliphatic carbocycles. The Morgan fingerprint density at radius 3 is 2.79 bits per heavy atom. The second-order valence-electron chi connectivity index (χ2n) is 4.32. The van der Waals surface area contributed by atoms with Gasteiger partial charge in [-0.15, -0.1) is 0 Å². The highest BCUT2D eigenvalue weighted by atomic mass is 79.9. The van der Waals surface area contributed by atoms with Crippen molar-refractivity contribution < 1.29 is 4.74 Å². The molecular formula is C13H13BrClN3O. The maximum atomic E-state index is 5.99. The van der Waals surface area contributed by atoms with Crippen molar-refractivity contribution in [3.05, 3.63) is 39.5 Å². The van der Waals surface area contributed by atoms with E-state index in [1.165, 1.54) is 6.20 Å². The fourth-order valence-electron chi connectivity index (χ4n) is 1.60. The predicted molar refractivity (Wildman–Crippen MR) is 79.8 cm³/mol. The van der Waals surface area contributed by atoms with Gasteiger partial charge in [0.2, 0.25) is 11.8 Å². The van der Waals surface area contributed by atoms with E-state index < -0.39 is 0 Å². The molecule has 6 heteroatoms. The van der Waals surface area contributed by atoms with Gasteiger partial charge in [0.25, 0.3) is 0 Å². The van der Waals surface area contributed by atoms with E-state index in [4.69, 9.17) is 22.1 Å². The first-order valence-electron chi connectivity index (χ1n) is 5.72. The van der Waals surface area contributed by atoms with Crippen LogP contribution in [0.3, 0.4) is 0 Å². The van der Waals surface area contributed by atoms with Crippen LogP contribution in [0.1, 0.15) is 25.3 Å². The van der Waals surface area contributed by atoms with Crippen molar-refractivity contribution in [3.8, 4) is 11.6 Å². The van der Waals surface area contributed by atoms with Crippen LogP contribution in [-0.2, 0) is 0 Å². The zero-order chi connectivity index (χ0) is 14.0. The van der Waals surface area contributed by atoms with E-state index in [2.05, 4.69) is 39.7 Å². The van der Waals surface area contributed by atoms with Gasteiger partial charge in [-0.05, 0) is 29.7 Å². The van der Waals surface area contributed by atoms with Crippen LogP contribution in [0.4, 0.5) is 5.95 Å². The summed E-state index contributed by atoms with van der Waals surface area (Å²) in [7, 11) is 0. The molecule has 0 aliphatic rings. The van der Waals surface area contributed by atoms with Crippen LogP contribution in [0.2, 0.25) is 5.02 Å². The predicted octanol–water partition coefficient (Wildman–Crippen LogP) is 4.39. The summed E-state index contributed by atoms with van der Waals surface area (Å²) in [6, 6.07) is 5.78. The number of hydrogen-bond donors (Lipinski definition) is 1. The van der Waals surface area contributed by atoms with Gasteiger partial charge in [0.1, 0.15) is 10.8 Å². The summed E-state index contributed by atoms with van der Waals surface area (Å²) in [4.78, 5) is 7.79. The number of hydrogen-bond acceptors (Lipinski definition) is 4. The lowest BCUT2D eigenvalue weighted by Gasteiger charge is -2.14. The summed E-state index contributed by atoms with van der Waals surface area (Å²) in [5, 5.41) is 0.326. The average molecular weight is 343 g/mol. The van der Waals surface area contributed by atoms with Crippen molar-refractivity contribution in [1.82, 2.24) is 9.97 Å². The molecule has 0 radical (unpaired) electrons. The van der Waals surface area contributed by atoms with Gasteiger partial charge in [-0.25, -0.2) is 4.98 Å². The zero-order valence-electron chi connectivity index (χ0n) is 10.5. The molecule has 2 rings (SSSR count). The molecule has 2 N–H and O–H groups in total. The number of halogens is 2. The number of benzene rings is 1. The Hall–Kier alpha value is -1.33. The molecule has 0 fully saturated rings. The highest BCUT2D eigenvalue weighted by molar-refractivity contribution is 9.10. The van der Waals surface area contributed by atoms with Gasteiger partial charge in [-0.2, -0.15) is 4.98 Å². The molecule has 0 spiro atoms. The molecule has 1 aromatic carbocycles. The fraction of sp³-hybridized carbons (Fsp3) is 0.231. The van der Waals surface area contributed by atoms with E-state index in [1.54, 1.807) is 0 Å². The summed E-state index contributed by atoms with van der Waals surface area (Å²) in [6.45, 7) is 4.18. The van der Waals surface area contributed by atoms with Gasteiger partial charge in [0, 0.05) is 4.47 Å². The van der Waals surface area contributed by atoms with Gasteiger partial charge in [0.05, 0.1) is 6.20 Å². The molecule has 1 heterocycles. The Morgan fingerprint density at radius 2 is 2.11 bits per heavy atom. The van der Waals surface area contributed by atoms with Gasteiger partial charge in [0.15, 0.2) is 0 Å². The largest absolute Gasteiger partial charge is 0.437 e.